The molecule has 0 aromatic heterocycles. The Kier molecular flexibility index (Phi) is 5.51. The number of alkyl halides is 1. The summed E-state index contributed by atoms with van der Waals surface area (Å²) in [4.78, 5) is 0. The van der Waals surface area contributed by atoms with Crippen molar-refractivity contribution in [3.8, 4) is 0 Å². The molecular formula is C21H37F. The zero-order valence-corrected chi connectivity index (χ0v) is 15.1. The molecular weight excluding hydrogens is 271 g/mol. The Hall–Kier alpha value is -0.0700. The first kappa shape index (κ1) is 16.8. The summed E-state index contributed by atoms with van der Waals surface area (Å²) in [7, 11) is 0. The average molecular weight is 309 g/mol. The molecule has 0 N–H and O–H groups in total. The molecule has 22 heavy (non-hydrogen) atoms. The van der Waals surface area contributed by atoms with Crippen LogP contribution in [-0.4, -0.2) is 6.17 Å². The Morgan fingerprint density at radius 2 is 1.09 bits per heavy atom. The fourth-order valence-electron chi connectivity index (χ4n) is 5.88. The molecule has 0 heterocycles. The fraction of sp³-hybridized carbons (Fsp3) is 1.00. The first-order valence-corrected chi connectivity index (χ1v) is 10.2. The van der Waals surface area contributed by atoms with E-state index in [4.69, 9.17) is 0 Å². The normalized spacial score (nSPS) is 50.7. The third-order valence-electron chi connectivity index (χ3n) is 7.91. The van der Waals surface area contributed by atoms with E-state index in [2.05, 4.69) is 20.8 Å². The van der Waals surface area contributed by atoms with E-state index >= 15 is 0 Å². The summed E-state index contributed by atoms with van der Waals surface area (Å²) in [5, 5.41) is 0. The second-order valence-electron chi connectivity index (χ2n) is 9.22. The van der Waals surface area contributed by atoms with Crippen LogP contribution in [0, 0.1) is 41.4 Å². The highest BCUT2D eigenvalue weighted by Crippen LogP contribution is 2.47. The maximum Gasteiger partial charge on any atom is 0.106 e. The van der Waals surface area contributed by atoms with E-state index in [0.717, 1.165) is 24.2 Å². The van der Waals surface area contributed by atoms with Crippen molar-refractivity contribution in [2.24, 2.45) is 41.4 Å². The van der Waals surface area contributed by atoms with Gasteiger partial charge in [-0.3, -0.25) is 0 Å². The quantitative estimate of drug-likeness (QED) is 0.536. The predicted molar refractivity (Wildman–Crippen MR) is 92.5 cm³/mol. The zero-order valence-electron chi connectivity index (χ0n) is 15.1. The predicted octanol–water partition coefficient (Wildman–Crippen LogP) is 6.64. The van der Waals surface area contributed by atoms with E-state index in [1.165, 1.54) is 57.8 Å². The minimum Gasteiger partial charge on any atom is -0.247 e. The number of rotatable bonds is 2. The minimum absolute atomic E-state index is 0.288. The lowest BCUT2D eigenvalue weighted by Gasteiger charge is -2.44. The smallest absolute Gasteiger partial charge is 0.106 e. The Labute approximate surface area is 137 Å². The molecule has 0 aromatic carbocycles. The van der Waals surface area contributed by atoms with Crippen LogP contribution in [-0.2, 0) is 0 Å². The number of hydrogen-bond donors (Lipinski definition) is 0. The van der Waals surface area contributed by atoms with Crippen LogP contribution in [0.4, 0.5) is 4.39 Å². The van der Waals surface area contributed by atoms with Gasteiger partial charge in [0.2, 0.25) is 0 Å². The molecule has 3 fully saturated rings. The molecule has 0 spiro atoms. The molecule has 0 radical (unpaired) electrons. The van der Waals surface area contributed by atoms with Crippen molar-refractivity contribution < 1.29 is 4.39 Å². The maximum atomic E-state index is 14.8. The molecule has 3 rings (SSSR count). The van der Waals surface area contributed by atoms with Gasteiger partial charge in [-0.2, -0.15) is 0 Å². The van der Waals surface area contributed by atoms with Crippen LogP contribution >= 0.6 is 0 Å². The highest BCUT2D eigenvalue weighted by molar-refractivity contribution is 4.90. The van der Waals surface area contributed by atoms with E-state index in [1.807, 2.05) is 0 Å². The average Bonchev–Trinajstić information content (AvgIpc) is 2.54. The van der Waals surface area contributed by atoms with Gasteiger partial charge in [0, 0.05) is 0 Å². The van der Waals surface area contributed by atoms with Gasteiger partial charge in [0.15, 0.2) is 0 Å². The topological polar surface area (TPSA) is 0 Å². The van der Waals surface area contributed by atoms with Crippen LogP contribution in [0.25, 0.3) is 0 Å². The van der Waals surface area contributed by atoms with Crippen LogP contribution in [0.3, 0.4) is 0 Å². The van der Waals surface area contributed by atoms with Crippen LogP contribution in [0.5, 0.6) is 0 Å². The van der Waals surface area contributed by atoms with E-state index in [0.29, 0.717) is 17.8 Å². The van der Waals surface area contributed by atoms with Crippen molar-refractivity contribution in [3.63, 3.8) is 0 Å². The first-order chi connectivity index (χ1) is 10.6. The molecule has 4 atom stereocenters. The van der Waals surface area contributed by atoms with Gasteiger partial charge in [-0.05, 0) is 92.8 Å². The second-order valence-corrected chi connectivity index (χ2v) is 9.22. The summed E-state index contributed by atoms with van der Waals surface area (Å²) in [5.74, 6) is 4.90. The van der Waals surface area contributed by atoms with Crippen molar-refractivity contribution in [1.29, 1.82) is 0 Å². The van der Waals surface area contributed by atoms with Crippen molar-refractivity contribution in [1.82, 2.24) is 0 Å². The highest BCUT2D eigenvalue weighted by atomic mass is 19.1. The molecule has 3 aliphatic rings. The van der Waals surface area contributed by atoms with Gasteiger partial charge in [-0.25, -0.2) is 4.39 Å². The van der Waals surface area contributed by atoms with E-state index in [1.54, 1.807) is 0 Å². The van der Waals surface area contributed by atoms with Crippen molar-refractivity contribution in [3.05, 3.63) is 0 Å². The summed E-state index contributed by atoms with van der Waals surface area (Å²) in [6.45, 7) is 6.81. The molecule has 0 saturated heterocycles. The lowest BCUT2D eigenvalue weighted by atomic mass is 9.63. The van der Waals surface area contributed by atoms with E-state index in [9.17, 15) is 4.39 Å². The van der Waals surface area contributed by atoms with Crippen molar-refractivity contribution >= 4 is 0 Å². The Morgan fingerprint density at radius 1 is 0.591 bits per heavy atom. The van der Waals surface area contributed by atoms with Crippen molar-refractivity contribution in [2.45, 2.75) is 91.2 Å². The zero-order chi connectivity index (χ0) is 15.7. The maximum absolute atomic E-state index is 14.8. The number of hydrogen-bond acceptors (Lipinski definition) is 0. The lowest BCUT2D eigenvalue weighted by Crippen LogP contribution is -2.39. The standard InChI is InChI=1S/C21H37F/c1-14-4-7-17(8-5-14)18-9-11-19(12-10-18)20-13-6-15(2)16(3)21(20)22/h14-21H,4-13H2,1-3H3. The van der Waals surface area contributed by atoms with Crippen LogP contribution < -0.4 is 0 Å². The van der Waals surface area contributed by atoms with Crippen LogP contribution in [0.1, 0.15) is 85.0 Å². The van der Waals surface area contributed by atoms with Gasteiger partial charge in [-0.15, -0.1) is 0 Å². The SMILES string of the molecule is CC1CCC(C2CCC(C3CCC(C)C(C)C3F)CC2)CC1. The molecule has 0 amide bonds. The molecule has 3 aliphatic carbocycles. The molecule has 0 nitrogen and oxygen atoms in total. The van der Waals surface area contributed by atoms with Gasteiger partial charge < -0.3 is 0 Å². The highest BCUT2D eigenvalue weighted by Gasteiger charge is 2.41. The van der Waals surface area contributed by atoms with Crippen LogP contribution in [0.15, 0.2) is 0 Å². The largest absolute Gasteiger partial charge is 0.247 e. The molecule has 0 bridgehead atoms. The van der Waals surface area contributed by atoms with Gasteiger partial charge in [0.1, 0.15) is 6.17 Å². The summed E-state index contributed by atoms with van der Waals surface area (Å²) >= 11 is 0. The summed E-state index contributed by atoms with van der Waals surface area (Å²) < 4.78 is 14.8. The van der Waals surface area contributed by atoms with E-state index < -0.39 is 6.17 Å². The molecule has 0 aliphatic heterocycles. The molecule has 1 heteroatoms. The van der Waals surface area contributed by atoms with Gasteiger partial charge in [0.05, 0.1) is 0 Å². The molecule has 3 saturated carbocycles. The van der Waals surface area contributed by atoms with Gasteiger partial charge in [-0.1, -0.05) is 33.6 Å². The van der Waals surface area contributed by atoms with Gasteiger partial charge in [0.25, 0.3) is 0 Å². The van der Waals surface area contributed by atoms with E-state index in [-0.39, 0.29) is 5.92 Å². The Morgan fingerprint density at radius 3 is 1.68 bits per heavy atom. The fourth-order valence-corrected chi connectivity index (χ4v) is 5.88. The molecule has 4 unspecified atom stereocenters. The van der Waals surface area contributed by atoms with Crippen molar-refractivity contribution in [2.75, 3.05) is 0 Å². The summed E-state index contributed by atoms with van der Waals surface area (Å²) in [6, 6.07) is 0. The lowest BCUT2D eigenvalue weighted by molar-refractivity contribution is 0.0142. The number of halogens is 1. The van der Waals surface area contributed by atoms with Gasteiger partial charge >= 0.3 is 0 Å². The first-order valence-electron chi connectivity index (χ1n) is 10.2. The third-order valence-corrected chi connectivity index (χ3v) is 7.91. The monoisotopic (exact) mass is 308 g/mol. The molecule has 0 aromatic rings. The summed E-state index contributed by atoms with van der Waals surface area (Å²) in [6.07, 6.45) is 13.2. The molecule has 128 valence electrons. The minimum atomic E-state index is -0.527. The Bertz CT molecular complexity index is 336. The Balaban J connectivity index is 1.49. The summed E-state index contributed by atoms with van der Waals surface area (Å²) in [5.41, 5.74) is 0. The second kappa shape index (κ2) is 7.22. The van der Waals surface area contributed by atoms with Crippen LogP contribution in [0.2, 0.25) is 0 Å². The third kappa shape index (κ3) is 3.54.